The second-order valence-electron chi connectivity index (χ2n) is 15.7. The molecule has 6 rings (SSSR count). The Bertz CT molecular complexity index is 1790. The minimum atomic E-state index is -0.815. The molecule has 2 heterocycles. The highest BCUT2D eigenvalue weighted by Crippen LogP contribution is 2.58. The molecule has 53 heavy (non-hydrogen) atoms. The molecule has 0 radical (unpaired) electrons. The molecule has 3 fully saturated rings. The Kier molecular flexibility index (Phi) is 13.2. The first-order chi connectivity index (χ1) is 25.6. The minimum absolute atomic E-state index is 0.0740. The molecular formula is C42H56N4O5S2. The number of anilines is 1. The van der Waals surface area contributed by atoms with Gasteiger partial charge in [0.1, 0.15) is 5.75 Å². The van der Waals surface area contributed by atoms with Crippen molar-refractivity contribution in [3.8, 4) is 27.3 Å². The fourth-order valence-corrected chi connectivity index (χ4v) is 11.2. The fraction of sp³-hybridized carbons (Fsp3) is 0.571. The lowest BCUT2D eigenvalue weighted by atomic mass is 9.58. The standard InChI is InChI=1S/C42H56N4O5S2/c1-3-7-33-11-13-37(52-33)38-14-15-39(53-38)40(51)34-12-10-28(22-42(34)17-16-29(23-42)36(50)25-47)35(46-41(43)45-30-8-5-4-6-9-30)20-27-18-31(21-32(49)19-27)44-24-26(2)48/h11,13-15,18-19,21,26,28-30,34-36,44,47-50H,4-6,8-10,12,16-17,20,22-25H2,1-2H3,(H3,43,45,46)/t26-,28-,29-,34+,35-,36+,42+/m0/s1. The lowest BCUT2D eigenvalue weighted by Gasteiger charge is -2.47. The number of phenolic OH excluding ortho intramolecular Hbond substituents is 1. The molecule has 8 N–H and O–H groups in total. The van der Waals surface area contributed by atoms with Gasteiger partial charge in [0.05, 0.1) is 34.6 Å². The number of ketones is 1. The SMILES string of the molecule is CC#Cc1ccc(-c2ccc(C(=O)[C@H]3CC[C@H]([C@H](Cc4cc(O)cc(NC[C@H](C)O)c4)NC(N)=NC4CCCCC4)C[C@@]34CC[C@H]([C@H](O)CO)C4)s2)s1. The molecule has 7 atom stereocenters. The van der Waals surface area contributed by atoms with E-state index in [9.17, 15) is 25.2 Å². The first kappa shape index (κ1) is 39.3. The summed E-state index contributed by atoms with van der Waals surface area (Å²) in [6, 6.07) is 13.7. The number of carbonyl (C=O) groups is 1. The third-order valence-corrected chi connectivity index (χ3v) is 14.0. The van der Waals surface area contributed by atoms with Crippen LogP contribution in [0.25, 0.3) is 9.75 Å². The van der Waals surface area contributed by atoms with Crippen LogP contribution in [0.2, 0.25) is 0 Å². The normalized spacial score (nSPS) is 25.4. The van der Waals surface area contributed by atoms with Crippen LogP contribution in [0, 0.1) is 35.0 Å². The van der Waals surface area contributed by atoms with Crippen molar-refractivity contribution in [3.05, 3.63) is 57.8 Å². The minimum Gasteiger partial charge on any atom is -0.508 e. The van der Waals surface area contributed by atoms with Gasteiger partial charge in [-0.15, -0.1) is 28.6 Å². The predicted octanol–water partition coefficient (Wildman–Crippen LogP) is 6.93. The molecule has 3 saturated carbocycles. The van der Waals surface area contributed by atoms with Crippen LogP contribution in [-0.4, -0.2) is 69.6 Å². The number of benzene rings is 1. The maximum absolute atomic E-state index is 14.6. The highest BCUT2D eigenvalue weighted by atomic mass is 32.1. The molecule has 0 amide bonds. The summed E-state index contributed by atoms with van der Waals surface area (Å²) >= 11 is 3.19. The summed E-state index contributed by atoms with van der Waals surface area (Å²) in [5.41, 5.74) is 8.01. The maximum Gasteiger partial charge on any atom is 0.189 e. The molecule has 0 bridgehead atoms. The first-order valence-electron chi connectivity index (χ1n) is 19.4. The van der Waals surface area contributed by atoms with E-state index in [0.717, 1.165) is 82.1 Å². The molecule has 3 aliphatic carbocycles. The third kappa shape index (κ3) is 9.83. The number of Topliss-reactive ketones (excluding diaryl/α,β-unsaturated/α-hetero) is 1. The van der Waals surface area contributed by atoms with E-state index in [1.807, 2.05) is 31.2 Å². The molecule has 286 valence electrons. The Morgan fingerprint density at radius 3 is 2.51 bits per heavy atom. The van der Waals surface area contributed by atoms with Gasteiger partial charge in [-0.2, -0.15) is 0 Å². The number of aromatic hydroxyl groups is 1. The summed E-state index contributed by atoms with van der Waals surface area (Å²) in [6.07, 6.45) is 9.41. The number of nitrogens with zero attached hydrogens (tertiary/aromatic N) is 1. The highest BCUT2D eigenvalue weighted by molar-refractivity contribution is 7.23. The Morgan fingerprint density at radius 2 is 1.75 bits per heavy atom. The number of carbonyl (C=O) groups excluding carboxylic acids is 1. The molecule has 0 saturated heterocycles. The van der Waals surface area contributed by atoms with E-state index < -0.39 is 12.2 Å². The zero-order valence-electron chi connectivity index (χ0n) is 31.0. The number of hydrogen-bond acceptors (Lipinski definition) is 9. The van der Waals surface area contributed by atoms with Crippen LogP contribution in [0.1, 0.15) is 105 Å². The van der Waals surface area contributed by atoms with Gasteiger partial charge in [0.2, 0.25) is 0 Å². The van der Waals surface area contributed by atoms with Gasteiger partial charge in [-0.3, -0.25) is 9.79 Å². The number of thiophene rings is 2. The topological polar surface area (TPSA) is 160 Å². The van der Waals surface area contributed by atoms with Crippen molar-refractivity contribution in [2.45, 2.75) is 115 Å². The van der Waals surface area contributed by atoms with Crippen molar-refractivity contribution in [3.63, 3.8) is 0 Å². The van der Waals surface area contributed by atoms with Crippen molar-refractivity contribution >= 4 is 40.1 Å². The average molecular weight is 761 g/mol. The second kappa shape index (κ2) is 17.8. The summed E-state index contributed by atoms with van der Waals surface area (Å²) in [7, 11) is 0. The average Bonchev–Trinajstić information content (AvgIpc) is 3.91. The lowest BCUT2D eigenvalue weighted by molar-refractivity contribution is 0.0187. The molecule has 3 aromatic rings. The van der Waals surface area contributed by atoms with Gasteiger partial charge >= 0.3 is 0 Å². The molecule has 2 aromatic heterocycles. The summed E-state index contributed by atoms with van der Waals surface area (Å²) < 4.78 is 0. The quantitative estimate of drug-likeness (QED) is 0.0428. The van der Waals surface area contributed by atoms with Crippen LogP contribution < -0.4 is 16.4 Å². The summed E-state index contributed by atoms with van der Waals surface area (Å²) in [5, 5.41) is 48.2. The van der Waals surface area contributed by atoms with Crippen LogP contribution in [0.3, 0.4) is 0 Å². The Hall–Kier alpha value is -3.40. The Labute approximate surface area is 322 Å². The number of hydrogen-bond donors (Lipinski definition) is 7. The van der Waals surface area contributed by atoms with E-state index in [4.69, 9.17) is 10.7 Å². The number of aliphatic imine (C=N–C) groups is 1. The summed E-state index contributed by atoms with van der Waals surface area (Å²) in [4.78, 5) is 23.5. The molecule has 0 unspecified atom stereocenters. The zero-order valence-corrected chi connectivity index (χ0v) is 32.7. The van der Waals surface area contributed by atoms with Crippen LogP contribution >= 0.6 is 22.7 Å². The number of aliphatic hydroxyl groups is 3. The van der Waals surface area contributed by atoms with Gasteiger partial charge in [-0.05, 0) is 131 Å². The highest BCUT2D eigenvalue weighted by Gasteiger charge is 2.53. The van der Waals surface area contributed by atoms with Gasteiger partial charge in [0, 0.05) is 40.0 Å². The maximum atomic E-state index is 14.6. The Morgan fingerprint density at radius 1 is 1.00 bits per heavy atom. The van der Waals surface area contributed by atoms with Crippen molar-refractivity contribution in [2.24, 2.45) is 33.9 Å². The van der Waals surface area contributed by atoms with Crippen LogP contribution in [-0.2, 0) is 6.42 Å². The third-order valence-electron chi connectivity index (χ3n) is 11.7. The molecule has 1 aromatic carbocycles. The Balaban J connectivity index is 1.28. The predicted molar refractivity (Wildman–Crippen MR) is 216 cm³/mol. The van der Waals surface area contributed by atoms with Crippen molar-refractivity contribution < 1.29 is 25.2 Å². The number of aliphatic hydroxyl groups excluding tert-OH is 3. The van der Waals surface area contributed by atoms with Gasteiger partial charge in [0.25, 0.3) is 0 Å². The van der Waals surface area contributed by atoms with Crippen LogP contribution in [0.5, 0.6) is 5.75 Å². The van der Waals surface area contributed by atoms with E-state index in [1.165, 1.54) is 6.42 Å². The number of phenols is 1. The molecule has 1 spiro atoms. The number of guanidine groups is 1. The number of rotatable bonds is 13. The van der Waals surface area contributed by atoms with Gasteiger partial charge < -0.3 is 36.8 Å². The summed E-state index contributed by atoms with van der Waals surface area (Å²) in [6.45, 7) is 3.62. The van der Waals surface area contributed by atoms with Crippen molar-refractivity contribution in [2.75, 3.05) is 18.5 Å². The van der Waals surface area contributed by atoms with Crippen LogP contribution in [0.15, 0.2) is 47.5 Å². The van der Waals surface area contributed by atoms with Crippen LogP contribution in [0.4, 0.5) is 5.69 Å². The monoisotopic (exact) mass is 760 g/mol. The zero-order chi connectivity index (χ0) is 37.5. The molecule has 9 nitrogen and oxygen atoms in total. The molecule has 11 heteroatoms. The smallest absolute Gasteiger partial charge is 0.189 e. The largest absolute Gasteiger partial charge is 0.508 e. The van der Waals surface area contributed by atoms with E-state index >= 15 is 0 Å². The van der Waals surface area contributed by atoms with E-state index in [0.29, 0.717) is 31.8 Å². The van der Waals surface area contributed by atoms with Crippen molar-refractivity contribution in [1.82, 2.24) is 5.32 Å². The van der Waals surface area contributed by atoms with E-state index in [-0.39, 0.29) is 53.4 Å². The number of nitrogens with two attached hydrogens (primary N) is 1. The van der Waals surface area contributed by atoms with Gasteiger partial charge in [0.15, 0.2) is 11.7 Å². The summed E-state index contributed by atoms with van der Waals surface area (Å²) in [5.74, 6) is 6.72. The fourth-order valence-electron chi connectivity index (χ4n) is 9.20. The van der Waals surface area contributed by atoms with Crippen molar-refractivity contribution in [1.29, 1.82) is 0 Å². The molecule has 0 aliphatic heterocycles. The second-order valence-corrected chi connectivity index (χ2v) is 17.8. The van der Waals surface area contributed by atoms with E-state index in [1.54, 1.807) is 41.7 Å². The number of nitrogens with one attached hydrogen (secondary N) is 2. The van der Waals surface area contributed by atoms with Gasteiger partial charge in [-0.25, -0.2) is 0 Å². The molecular weight excluding hydrogens is 705 g/mol. The molecule has 3 aliphatic rings. The first-order valence-corrected chi connectivity index (χ1v) is 21.0. The van der Waals surface area contributed by atoms with Gasteiger partial charge in [-0.1, -0.05) is 25.2 Å². The lowest BCUT2D eigenvalue weighted by Crippen LogP contribution is -2.50. The van der Waals surface area contributed by atoms with E-state index in [2.05, 4.69) is 28.5 Å².